The van der Waals surface area contributed by atoms with Gasteiger partial charge in [-0.3, -0.25) is 4.90 Å². The van der Waals surface area contributed by atoms with Crippen LogP contribution in [-0.4, -0.2) is 40.9 Å². The van der Waals surface area contributed by atoms with Crippen molar-refractivity contribution in [1.29, 1.82) is 0 Å². The van der Waals surface area contributed by atoms with Crippen molar-refractivity contribution < 1.29 is 0 Å². The summed E-state index contributed by atoms with van der Waals surface area (Å²) in [5.74, 6) is 3.77. The van der Waals surface area contributed by atoms with Crippen LogP contribution in [0.1, 0.15) is 0 Å². The fourth-order valence-corrected chi connectivity index (χ4v) is 3.65. The number of nitrogens with zero attached hydrogens (tertiary/aromatic N) is 2. The highest BCUT2D eigenvalue weighted by Gasteiger charge is 2.12. The molecule has 1 unspecified atom stereocenters. The number of hydrogen-bond acceptors (Lipinski definition) is 3. The van der Waals surface area contributed by atoms with Gasteiger partial charge >= 0.3 is 0 Å². The van der Waals surface area contributed by atoms with Crippen LogP contribution in [0.25, 0.3) is 0 Å². The van der Waals surface area contributed by atoms with Crippen LogP contribution in [-0.2, 0) is 0 Å². The molecule has 0 saturated carbocycles. The van der Waals surface area contributed by atoms with Crippen molar-refractivity contribution in [3.05, 3.63) is 11.6 Å². The van der Waals surface area contributed by atoms with Gasteiger partial charge in [0.25, 0.3) is 0 Å². The van der Waals surface area contributed by atoms with Crippen LogP contribution in [0.15, 0.2) is 16.6 Å². The van der Waals surface area contributed by atoms with Gasteiger partial charge in [0.15, 0.2) is 0 Å². The Hall–Kier alpha value is 0.0700. The Labute approximate surface area is 80.5 Å². The molecule has 1 radical (unpaired) electrons. The van der Waals surface area contributed by atoms with Crippen LogP contribution in [0.2, 0.25) is 0 Å². The Balaban J connectivity index is 1.77. The summed E-state index contributed by atoms with van der Waals surface area (Å²) >= 11 is 2.06. The second kappa shape index (κ2) is 4.35. The van der Waals surface area contributed by atoms with E-state index in [1.807, 2.05) is 6.20 Å². The highest BCUT2D eigenvalue weighted by Crippen LogP contribution is 2.29. The minimum atomic E-state index is -0.149. The van der Waals surface area contributed by atoms with E-state index in [-0.39, 0.29) is 10.9 Å². The smallest absolute Gasteiger partial charge is 0.112 e. The molecule has 1 fully saturated rings. The molecule has 2 heterocycles. The van der Waals surface area contributed by atoms with E-state index in [0.29, 0.717) is 0 Å². The molecule has 0 aromatic carbocycles. The molecular formula is C8H13N2S2. The monoisotopic (exact) mass is 201 g/mol. The van der Waals surface area contributed by atoms with Gasteiger partial charge in [-0.25, -0.2) is 4.99 Å². The SMILES string of the molecule is [C]1=NC=C[SH]1CN1CCSCC1. The maximum absolute atomic E-state index is 4.00. The highest BCUT2D eigenvalue weighted by molar-refractivity contribution is 8.30. The van der Waals surface area contributed by atoms with Crippen molar-refractivity contribution in [2.75, 3.05) is 30.5 Å². The lowest BCUT2D eigenvalue weighted by molar-refractivity contribution is 0.357. The maximum atomic E-state index is 4.00. The number of thiol groups is 1. The van der Waals surface area contributed by atoms with Crippen LogP contribution in [0, 0.1) is 0 Å². The van der Waals surface area contributed by atoms with Gasteiger partial charge in [0.2, 0.25) is 0 Å². The van der Waals surface area contributed by atoms with E-state index < -0.39 is 0 Å². The minimum absolute atomic E-state index is 0.149. The van der Waals surface area contributed by atoms with Gasteiger partial charge in [0.05, 0.1) is 0 Å². The fraction of sp³-hybridized carbons (Fsp3) is 0.625. The summed E-state index contributed by atoms with van der Waals surface area (Å²) in [6.07, 6.45) is 1.88. The quantitative estimate of drug-likeness (QED) is 0.679. The van der Waals surface area contributed by atoms with Crippen LogP contribution in [0.5, 0.6) is 0 Å². The van der Waals surface area contributed by atoms with Crippen molar-refractivity contribution in [2.45, 2.75) is 0 Å². The molecule has 2 aliphatic rings. The van der Waals surface area contributed by atoms with Crippen molar-refractivity contribution in [1.82, 2.24) is 4.90 Å². The summed E-state index contributed by atoms with van der Waals surface area (Å²) in [6, 6.07) is 0. The average molecular weight is 201 g/mol. The van der Waals surface area contributed by atoms with E-state index in [0.717, 1.165) is 0 Å². The average Bonchev–Trinajstić information content (AvgIpc) is 2.59. The summed E-state index contributed by atoms with van der Waals surface area (Å²) in [6.45, 7) is 2.50. The fourth-order valence-electron chi connectivity index (χ4n) is 1.29. The van der Waals surface area contributed by atoms with Crippen LogP contribution < -0.4 is 0 Å². The molecule has 0 spiro atoms. The largest absolute Gasteiger partial charge is 0.294 e. The second-order valence-electron chi connectivity index (χ2n) is 2.87. The molecule has 0 amide bonds. The lowest BCUT2D eigenvalue weighted by atomic mass is 10.6. The van der Waals surface area contributed by atoms with E-state index in [1.165, 1.54) is 30.5 Å². The molecule has 1 saturated heterocycles. The lowest BCUT2D eigenvalue weighted by Crippen LogP contribution is -2.33. The van der Waals surface area contributed by atoms with Crippen molar-refractivity contribution in [3.8, 4) is 0 Å². The molecule has 0 aromatic rings. The lowest BCUT2D eigenvalue weighted by Gasteiger charge is -2.28. The summed E-state index contributed by atoms with van der Waals surface area (Å²) < 4.78 is 0. The molecule has 2 aliphatic heterocycles. The van der Waals surface area contributed by atoms with E-state index in [9.17, 15) is 0 Å². The summed E-state index contributed by atoms with van der Waals surface area (Å²) in [5, 5.41) is 2.19. The first-order valence-corrected chi connectivity index (χ1v) is 6.89. The van der Waals surface area contributed by atoms with Gasteiger partial charge < -0.3 is 0 Å². The predicted octanol–water partition coefficient (Wildman–Crippen LogP) is 1.38. The Kier molecular flexibility index (Phi) is 3.14. The number of thioether (sulfide) groups is 1. The third-order valence-corrected chi connectivity index (χ3v) is 4.48. The molecular weight excluding hydrogens is 188 g/mol. The third kappa shape index (κ3) is 2.28. The molecule has 0 aromatic heterocycles. The predicted molar refractivity (Wildman–Crippen MR) is 59.3 cm³/mol. The Bertz CT molecular complexity index is 185. The van der Waals surface area contributed by atoms with Gasteiger partial charge in [-0.05, 0) is 5.41 Å². The van der Waals surface area contributed by atoms with Crippen molar-refractivity contribution >= 4 is 28.2 Å². The molecule has 1 atom stereocenters. The molecule has 0 bridgehead atoms. The molecule has 67 valence electrons. The Morgan fingerprint density at radius 2 is 2.33 bits per heavy atom. The van der Waals surface area contributed by atoms with Gasteiger partial charge in [0, 0.05) is 36.7 Å². The first-order valence-electron chi connectivity index (χ1n) is 4.14. The van der Waals surface area contributed by atoms with E-state index in [2.05, 4.69) is 32.6 Å². The van der Waals surface area contributed by atoms with Gasteiger partial charge in [-0.2, -0.15) is 22.7 Å². The zero-order valence-electron chi connectivity index (χ0n) is 6.94. The first kappa shape index (κ1) is 8.66. The molecule has 2 nitrogen and oxygen atoms in total. The molecule has 2 rings (SSSR count). The molecule has 4 heteroatoms. The number of rotatable bonds is 2. The standard InChI is InChI=1S/C8H13N2S2/c1-6-12(7-9-1)8-10-2-4-11-5-3-10/h1,6,12H,2-5,8H2. The van der Waals surface area contributed by atoms with Crippen molar-refractivity contribution in [3.63, 3.8) is 0 Å². The maximum Gasteiger partial charge on any atom is 0.112 e. The summed E-state index contributed by atoms with van der Waals surface area (Å²) in [4.78, 5) is 6.52. The normalized spacial score (nSPS) is 32.8. The first-order chi connectivity index (χ1) is 5.95. The number of aliphatic imine (C=N–C) groups is 1. The minimum Gasteiger partial charge on any atom is -0.294 e. The van der Waals surface area contributed by atoms with Gasteiger partial charge in [-0.1, -0.05) is 0 Å². The van der Waals surface area contributed by atoms with Crippen LogP contribution in [0.3, 0.4) is 0 Å². The zero-order valence-corrected chi connectivity index (χ0v) is 8.65. The second-order valence-corrected chi connectivity index (χ2v) is 5.81. The van der Waals surface area contributed by atoms with Gasteiger partial charge in [-0.15, -0.1) is 0 Å². The zero-order chi connectivity index (χ0) is 8.23. The molecule has 0 N–H and O–H groups in total. The highest BCUT2D eigenvalue weighted by atomic mass is 32.2. The summed E-state index contributed by atoms with van der Waals surface area (Å²) in [7, 11) is -0.149. The van der Waals surface area contributed by atoms with E-state index in [1.54, 1.807) is 0 Å². The van der Waals surface area contributed by atoms with Gasteiger partial charge in [0.1, 0.15) is 5.55 Å². The molecule has 12 heavy (non-hydrogen) atoms. The Morgan fingerprint density at radius 3 is 3.00 bits per heavy atom. The van der Waals surface area contributed by atoms with E-state index >= 15 is 0 Å². The van der Waals surface area contributed by atoms with Crippen molar-refractivity contribution in [2.24, 2.45) is 4.99 Å². The topological polar surface area (TPSA) is 15.6 Å². The third-order valence-electron chi connectivity index (χ3n) is 1.96. The van der Waals surface area contributed by atoms with E-state index in [4.69, 9.17) is 0 Å². The summed E-state index contributed by atoms with van der Waals surface area (Å²) in [5.41, 5.74) is 3.13. The Morgan fingerprint density at radius 1 is 1.50 bits per heavy atom. The number of hydrogen-bond donors (Lipinski definition) is 1. The van der Waals surface area contributed by atoms with Crippen LogP contribution in [0.4, 0.5) is 0 Å². The molecule has 0 aliphatic carbocycles. The van der Waals surface area contributed by atoms with Crippen LogP contribution >= 0.6 is 22.7 Å².